The highest BCUT2D eigenvalue weighted by molar-refractivity contribution is 6.31. The van der Waals surface area contributed by atoms with Gasteiger partial charge in [-0.25, -0.2) is 0 Å². The van der Waals surface area contributed by atoms with Crippen molar-refractivity contribution in [1.29, 1.82) is 0 Å². The molecule has 0 bridgehead atoms. The molecule has 0 spiro atoms. The summed E-state index contributed by atoms with van der Waals surface area (Å²) < 4.78 is 0. The molecule has 1 aromatic carbocycles. The summed E-state index contributed by atoms with van der Waals surface area (Å²) in [6.45, 7) is 2.14. The number of piperidine rings is 1. The van der Waals surface area contributed by atoms with Crippen LogP contribution in [0, 0.1) is 0 Å². The fourth-order valence-corrected chi connectivity index (χ4v) is 2.97. The maximum atomic E-state index is 12.0. The van der Waals surface area contributed by atoms with Crippen LogP contribution in [-0.2, 0) is 17.9 Å². The van der Waals surface area contributed by atoms with Crippen LogP contribution in [-0.4, -0.2) is 30.4 Å². The van der Waals surface area contributed by atoms with Gasteiger partial charge in [-0.3, -0.25) is 9.69 Å². The maximum Gasteiger partial charge on any atom is 0.237 e. The zero-order valence-electron chi connectivity index (χ0n) is 11.9. The minimum atomic E-state index is -0.0426. The number of rotatable bonds is 4. The summed E-state index contributed by atoms with van der Waals surface area (Å²) in [5, 5.41) is 3.48. The lowest BCUT2D eigenvalue weighted by Crippen LogP contribution is -2.48. The molecular formula is C15H22ClN3O. The third kappa shape index (κ3) is 3.51. The van der Waals surface area contributed by atoms with Crippen molar-refractivity contribution < 1.29 is 4.79 Å². The zero-order chi connectivity index (χ0) is 14.5. The second-order valence-electron chi connectivity index (χ2n) is 5.23. The summed E-state index contributed by atoms with van der Waals surface area (Å²) in [5.41, 5.74) is 7.69. The first kappa shape index (κ1) is 15.3. The number of amides is 1. The highest BCUT2D eigenvalue weighted by atomic mass is 35.5. The van der Waals surface area contributed by atoms with E-state index in [1.807, 2.05) is 18.2 Å². The predicted octanol–water partition coefficient (Wildman–Crippen LogP) is 1.90. The molecule has 1 heterocycles. The second kappa shape index (κ2) is 7.07. The van der Waals surface area contributed by atoms with E-state index in [1.54, 1.807) is 7.05 Å². The number of halogens is 1. The smallest absolute Gasteiger partial charge is 0.237 e. The maximum absolute atomic E-state index is 12.0. The summed E-state index contributed by atoms with van der Waals surface area (Å²) in [6, 6.07) is 5.88. The highest BCUT2D eigenvalue weighted by Crippen LogP contribution is 2.24. The van der Waals surface area contributed by atoms with E-state index in [0.717, 1.165) is 42.0 Å². The van der Waals surface area contributed by atoms with Gasteiger partial charge < -0.3 is 11.1 Å². The first-order chi connectivity index (χ1) is 9.65. The molecule has 1 saturated heterocycles. The van der Waals surface area contributed by atoms with Crippen LogP contribution in [0.3, 0.4) is 0 Å². The fraction of sp³-hybridized carbons (Fsp3) is 0.533. The topological polar surface area (TPSA) is 58.4 Å². The number of likely N-dealkylation sites (N-methyl/N-ethyl adjacent to an activating group) is 1. The van der Waals surface area contributed by atoms with Crippen LogP contribution in [0.4, 0.5) is 0 Å². The van der Waals surface area contributed by atoms with Gasteiger partial charge >= 0.3 is 0 Å². The summed E-state index contributed by atoms with van der Waals surface area (Å²) in [7, 11) is 1.69. The monoisotopic (exact) mass is 295 g/mol. The van der Waals surface area contributed by atoms with Gasteiger partial charge in [0.25, 0.3) is 0 Å². The second-order valence-corrected chi connectivity index (χ2v) is 5.63. The molecule has 1 aliphatic heterocycles. The molecule has 0 radical (unpaired) electrons. The number of nitrogens with two attached hydrogens (primary N) is 1. The van der Waals surface area contributed by atoms with Crippen molar-refractivity contribution in [2.45, 2.75) is 38.4 Å². The quantitative estimate of drug-likeness (QED) is 0.892. The van der Waals surface area contributed by atoms with Crippen LogP contribution in [0.15, 0.2) is 18.2 Å². The van der Waals surface area contributed by atoms with Crippen LogP contribution in [0.5, 0.6) is 0 Å². The molecule has 110 valence electrons. The van der Waals surface area contributed by atoms with E-state index < -0.39 is 0 Å². The Hall–Kier alpha value is -1.10. The zero-order valence-corrected chi connectivity index (χ0v) is 12.6. The number of nitrogens with zero attached hydrogens (tertiary/aromatic N) is 1. The van der Waals surface area contributed by atoms with Gasteiger partial charge in [-0.1, -0.05) is 30.2 Å². The van der Waals surface area contributed by atoms with Crippen molar-refractivity contribution in [3.63, 3.8) is 0 Å². The molecule has 1 atom stereocenters. The Morgan fingerprint density at radius 2 is 2.30 bits per heavy atom. The van der Waals surface area contributed by atoms with Gasteiger partial charge in [-0.05, 0) is 36.6 Å². The van der Waals surface area contributed by atoms with Crippen LogP contribution in [0.2, 0.25) is 5.02 Å². The number of carbonyl (C=O) groups excluding carboxylic acids is 1. The first-order valence-corrected chi connectivity index (χ1v) is 7.46. The van der Waals surface area contributed by atoms with Gasteiger partial charge in [0.05, 0.1) is 6.04 Å². The minimum absolute atomic E-state index is 0.0426. The summed E-state index contributed by atoms with van der Waals surface area (Å²) >= 11 is 6.31. The summed E-state index contributed by atoms with van der Waals surface area (Å²) in [6.07, 6.45) is 3.15. The molecule has 1 unspecified atom stereocenters. The molecule has 1 aromatic rings. The Morgan fingerprint density at radius 3 is 2.95 bits per heavy atom. The lowest BCUT2D eigenvalue weighted by molar-refractivity contribution is -0.127. The summed E-state index contributed by atoms with van der Waals surface area (Å²) in [4.78, 5) is 14.2. The van der Waals surface area contributed by atoms with E-state index >= 15 is 0 Å². The molecule has 5 heteroatoms. The molecular weight excluding hydrogens is 274 g/mol. The van der Waals surface area contributed by atoms with Gasteiger partial charge in [-0.2, -0.15) is 0 Å². The molecule has 0 saturated carbocycles. The van der Waals surface area contributed by atoms with Gasteiger partial charge in [0.2, 0.25) is 5.91 Å². The Morgan fingerprint density at radius 1 is 1.50 bits per heavy atom. The van der Waals surface area contributed by atoms with Gasteiger partial charge in [0, 0.05) is 25.2 Å². The van der Waals surface area contributed by atoms with Crippen molar-refractivity contribution in [3.8, 4) is 0 Å². The SMILES string of the molecule is CNC(=O)C1CCCCN1Cc1ccc(CN)cc1Cl. The van der Waals surface area contributed by atoms with Gasteiger partial charge in [0.1, 0.15) is 0 Å². The highest BCUT2D eigenvalue weighted by Gasteiger charge is 2.28. The predicted molar refractivity (Wildman–Crippen MR) is 81.5 cm³/mol. The van der Waals surface area contributed by atoms with Gasteiger partial charge in [-0.15, -0.1) is 0 Å². The largest absolute Gasteiger partial charge is 0.358 e. The molecule has 1 aliphatic rings. The average Bonchev–Trinajstić information content (AvgIpc) is 2.49. The van der Waals surface area contributed by atoms with E-state index in [0.29, 0.717) is 13.1 Å². The number of benzene rings is 1. The third-order valence-electron chi connectivity index (χ3n) is 3.89. The molecule has 20 heavy (non-hydrogen) atoms. The number of likely N-dealkylation sites (tertiary alicyclic amines) is 1. The number of nitrogens with one attached hydrogen (secondary N) is 1. The third-order valence-corrected chi connectivity index (χ3v) is 4.24. The van der Waals surface area contributed by atoms with Crippen LogP contribution < -0.4 is 11.1 Å². The van der Waals surface area contributed by atoms with Crippen molar-refractivity contribution in [3.05, 3.63) is 34.3 Å². The molecule has 3 N–H and O–H groups in total. The number of hydrogen-bond donors (Lipinski definition) is 2. The van der Waals surface area contributed by atoms with Crippen molar-refractivity contribution in [1.82, 2.24) is 10.2 Å². The molecule has 2 rings (SSSR count). The van der Waals surface area contributed by atoms with Crippen molar-refractivity contribution >= 4 is 17.5 Å². The lowest BCUT2D eigenvalue weighted by atomic mass is 10.00. The van der Waals surface area contributed by atoms with E-state index in [-0.39, 0.29) is 11.9 Å². The average molecular weight is 296 g/mol. The van der Waals surface area contributed by atoms with E-state index in [1.165, 1.54) is 0 Å². The normalized spacial score (nSPS) is 19.9. The standard InChI is InChI=1S/C15H22ClN3O/c1-18-15(20)14-4-2-3-7-19(14)10-12-6-5-11(9-17)8-13(12)16/h5-6,8,14H,2-4,7,9-10,17H2,1H3,(H,18,20). The van der Waals surface area contributed by atoms with E-state index in [4.69, 9.17) is 17.3 Å². The molecule has 4 nitrogen and oxygen atoms in total. The Balaban J connectivity index is 2.12. The molecule has 1 amide bonds. The number of hydrogen-bond acceptors (Lipinski definition) is 3. The lowest BCUT2D eigenvalue weighted by Gasteiger charge is -2.34. The summed E-state index contributed by atoms with van der Waals surface area (Å²) in [5.74, 6) is 0.0967. The van der Waals surface area contributed by atoms with E-state index in [2.05, 4.69) is 10.2 Å². The van der Waals surface area contributed by atoms with Gasteiger partial charge in [0.15, 0.2) is 0 Å². The number of carbonyl (C=O) groups is 1. The van der Waals surface area contributed by atoms with Crippen molar-refractivity contribution in [2.75, 3.05) is 13.6 Å². The fourth-order valence-electron chi connectivity index (χ4n) is 2.71. The van der Waals surface area contributed by atoms with Crippen LogP contribution >= 0.6 is 11.6 Å². The Labute approximate surface area is 125 Å². The van der Waals surface area contributed by atoms with Crippen molar-refractivity contribution in [2.24, 2.45) is 5.73 Å². The first-order valence-electron chi connectivity index (χ1n) is 7.08. The van der Waals surface area contributed by atoms with Crippen LogP contribution in [0.1, 0.15) is 30.4 Å². The molecule has 0 aromatic heterocycles. The minimum Gasteiger partial charge on any atom is -0.358 e. The van der Waals surface area contributed by atoms with E-state index in [9.17, 15) is 4.79 Å². The molecule has 1 fully saturated rings. The van der Waals surface area contributed by atoms with Crippen LogP contribution in [0.25, 0.3) is 0 Å². The molecule has 0 aliphatic carbocycles. The Bertz CT molecular complexity index is 478. The Kier molecular flexibility index (Phi) is 5.40.